The number of halogens is 1. The van der Waals surface area contributed by atoms with E-state index in [1.165, 1.54) is 0 Å². The highest BCUT2D eigenvalue weighted by molar-refractivity contribution is 9.10. The Labute approximate surface area is 207 Å². The van der Waals surface area contributed by atoms with Crippen LogP contribution in [-0.4, -0.2) is 24.3 Å². The molecule has 0 aliphatic heterocycles. The van der Waals surface area contributed by atoms with Crippen LogP contribution in [0.3, 0.4) is 0 Å². The van der Waals surface area contributed by atoms with E-state index in [-0.39, 0.29) is 5.91 Å². The van der Waals surface area contributed by atoms with Crippen LogP contribution < -0.4 is 20.9 Å². The van der Waals surface area contributed by atoms with Crippen molar-refractivity contribution in [1.82, 2.24) is 10.9 Å². The SMILES string of the molecule is CCCCOc1ccc(C(=O)NNC(=O)c2ccc(NC(=O)c3ccccc3C)cc2)cc1Br. The van der Waals surface area contributed by atoms with Gasteiger partial charge in [-0.3, -0.25) is 25.2 Å². The third-order valence-electron chi connectivity index (χ3n) is 5.03. The number of ether oxygens (including phenoxy) is 1. The molecule has 8 heteroatoms. The molecule has 176 valence electrons. The highest BCUT2D eigenvalue weighted by atomic mass is 79.9. The first-order chi connectivity index (χ1) is 16.4. The molecule has 0 saturated carbocycles. The van der Waals surface area contributed by atoms with Crippen molar-refractivity contribution in [1.29, 1.82) is 0 Å². The molecule has 3 N–H and O–H groups in total. The number of amides is 3. The molecule has 0 aliphatic carbocycles. The van der Waals surface area contributed by atoms with E-state index < -0.39 is 11.8 Å². The Morgan fingerprint density at radius 3 is 2.15 bits per heavy atom. The van der Waals surface area contributed by atoms with E-state index in [0.717, 1.165) is 18.4 Å². The smallest absolute Gasteiger partial charge is 0.269 e. The first kappa shape index (κ1) is 25.0. The molecule has 0 heterocycles. The monoisotopic (exact) mass is 523 g/mol. The number of hydrogen-bond donors (Lipinski definition) is 3. The molecule has 3 amide bonds. The maximum atomic E-state index is 12.4. The average molecular weight is 524 g/mol. The Bertz CT molecular complexity index is 1180. The minimum absolute atomic E-state index is 0.226. The van der Waals surface area contributed by atoms with Crippen LogP contribution in [0, 0.1) is 6.92 Å². The van der Waals surface area contributed by atoms with Crippen LogP contribution >= 0.6 is 15.9 Å². The van der Waals surface area contributed by atoms with Crippen LogP contribution in [0.1, 0.15) is 56.4 Å². The average Bonchev–Trinajstić information content (AvgIpc) is 2.84. The first-order valence-electron chi connectivity index (χ1n) is 10.9. The molecule has 0 fully saturated rings. The zero-order valence-electron chi connectivity index (χ0n) is 19.0. The third-order valence-corrected chi connectivity index (χ3v) is 5.65. The third kappa shape index (κ3) is 6.68. The molecule has 0 bridgehead atoms. The summed E-state index contributed by atoms with van der Waals surface area (Å²) in [5.41, 5.74) is 7.50. The zero-order valence-corrected chi connectivity index (χ0v) is 20.6. The second-order valence-corrected chi connectivity index (χ2v) is 8.46. The normalized spacial score (nSPS) is 10.3. The Morgan fingerprint density at radius 2 is 1.50 bits per heavy atom. The predicted molar refractivity (Wildman–Crippen MR) is 135 cm³/mol. The highest BCUT2D eigenvalue weighted by Gasteiger charge is 2.13. The maximum Gasteiger partial charge on any atom is 0.269 e. The summed E-state index contributed by atoms with van der Waals surface area (Å²) in [6.45, 7) is 4.55. The van der Waals surface area contributed by atoms with Crippen molar-refractivity contribution in [2.24, 2.45) is 0 Å². The van der Waals surface area contributed by atoms with Gasteiger partial charge in [-0.1, -0.05) is 31.5 Å². The molecule has 0 aromatic heterocycles. The number of unbranched alkanes of at least 4 members (excludes halogenated alkanes) is 1. The summed E-state index contributed by atoms with van der Waals surface area (Å²) in [5, 5.41) is 2.81. The fourth-order valence-electron chi connectivity index (χ4n) is 3.07. The molecule has 3 rings (SSSR count). The Kier molecular flexibility index (Phi) is 8.81. The number of nitrogens with one attached hydrogen (secondary N) is 3. The quantitative estimate of drug-likeness (QED) is 0.277. The van der Waals surface area contributed by atoms with Crippen molar-refractivity contribution in [2.75, 3.05) is 11.9 Å². The van der Waals surface area contributed by atoms with E-state index in [1.807, 2.05) is 19.1 Å². The minimum Gasteiger partial charge on any atom is -0.492 e. The van der Waals surface area contributed by atoms with Crippen LogP contribution in [0.5, 0.6) is 5.75 Å². The lowest BCUT2D eigenvalue weighted by Crippen LogP contribution is -2.41. The molecule has 0 spiro atoms. The van der Waals surface area contributed by atoms with Crippen molar-refractivity contribution >= 4 is 39.3 Å². The maximum absolute atomic E-state index is 12.4. The topological polar surface area (TPSA) is 96.5 Å². The summed E-state index contributed by atoms with van der Waals surface area (Å²) in [4.78, 5) is 37.2. The van der Waals surface area contributed by atoms with Gasteiger partial charge in [0, 0.05) is 22.4 Å². The summed E-state index contributed by atoms with van der Waals surface area (Å²) in [7, 11) is 0. The van der Waals surface area contributed by atoms with Crippen LogP contribution in [-0.2, 0) is 0 Å². The lowest BCUT2D eigenvalue weighted by atomic mass is 10.1. The fraction of sp³-hybridized carbons (Fsp3) is 0.192. The van der Waals surface area contributed by atoms with E-state index in [2.05, 4.69) is 39.0 Å². The van der Waals surface area contributed by atoms with Crippen molar-refractivity contribution in [3.8, 4) is 5.75 Å². The van der Waals surface area contributed by atoms with Crippen LogP contribution in [0.25, 0.3) is 0 Å². The fourth-order valence-corrected chi connectivity index (χ4v) is 3.57. The molecule has 0 atom stereocenters. The number of aryl methyl sites for hydroxylation is 1. The number of hydrazine groups is 1. The predicted octanol–water partition coefficient (Wildman–Crippen LogP) is 5.26. The van der Waals surface area contributed by atoms with Gasteiger partial charge < -0.3 is 10.1 Å². The Morgan fingerprint density at radius 1 is 0.853 bits per heavy atom. The summed E-state index contributed by atoms with van der Waals surface area (Å²) < 4.78 is 6.32. The molecule has 3 aromatic carbocycles. The molecule has 0 unspecified atom stereocenters. The second kappa shape index (κ2) is 12.0. The standard InChI is InChI=1S/C26H26BrN3O4/c1-3-4-15-34-23-14-11-19(16-22(23)27)25(32)30-29-24(31)18-9-12-20(13-10-18)28-26(33)21-8-6-5-7-17(21)2/h5-14,16H,3-4,15H2,1-2H3,(H,28,33)(H,29,31)(H,30,32). The van der Waals surface area contributed by atoms with Crippen LogP contribution in [0.15, 0.2) is 71.2 Å². The van der Waals surface area contributed by atoms with Gasteiger partial charge in [-0.15, -0.1) is 0 Å². The van der Waals surface area contributed by atoms with Gasteiger partial charge in [-0.05, 0) is 83.4 Å². The number of anilines is 1. The summed E-state index contributed by atoms with van der Waals surface area (Å²) in [6, 6.07) is 18.6. The van der Waals surface area contributed by atoms with Crippen LogP contribution in [0.2, 0.25) is 0 Å². The van der Waals surface area contributed by atoms with Gasteiger partial charge in [0.2, 0.25) is 0 Å². The van der Waals surface area contributed by atoms with Gasteiger partial charge in [0.1, 0.15) is 5.75 Å². The van der Waals surface area contributed by atoms with Crippen molar-refractivity contribution in [3.63, 3.8) is 0 Å². The second-order valence-electron chi connectivity index (χ2n) is 7.60. The van der Waals surface area contributed by atoms with Gasteiger partial charge in [-0.25, -0.2) is 0 Å². The van der Waals surface area contributed by atoms with Crippen molar-refractivity contribution < 1.29 is 19.1 Å². The van der Waals surface area contributed by atoms with Gasteiger partial charge in [-0.2, -0.15) is 0 Å². The van der Waals surface area contributed by atoms with E-state index in [9.17, 15) is 14.4 Å². The van der Waals surface area contributed by atoms with Crippen LogP contribution in [0.4, 0.5) is 5.69 Å². The lowest BCUT2D eigenvalue weighted by molar-refractivity contribution is 0.0846. The zero-order chi connectivity index (χ0) is 24.5. The molecule has 0 saturated heterocycles. The Hall–Kier alpha value is -3.65. The minimum atomic E-state index is -0.483. The number of carbonyl (C=O) groups excluding carboxylic acids is 3. The summed E-state index contributed by atoms with van der Waals surface area (Å²) in [5.74, 6) is -0.515. The Balaban J connectivity index is 1.53. The number of carbonyl (C=O) groups is 3. The molecular formula is C26H26BrN3O4. The molecule has 0 radical (unpaired) electrons. The first-order valence-corrected chi connectivity index (χ1v) is 11.7. The molecule has 7 nitrogen and oxygen atoms in total. The number of benzene rings is 3. The summed E-state index contributed by atoms with van der Waals surface area (Å²) >= 11 is 3.40. The summed E-state index contributed by atoms with van der Waals surface area (Å²) in [6.07, 6.45) is 1.98. The van der Waals surface area contributed by atoms with Gasteiger partial charge in [0.15, 0.2) is 0 Å². The number of rotatable bonds is 8. The van der Waals surface area contributed by atoms with E-state index in [4.69, 9.17) is 4.74 Å². The molecule has 34 heavy (non-hydrogen) atoms. The molecule has 3 aromatic rings. The lowest BCUT2D eigenvalue weighted by Gasteiger charge is -2.11. The highest BCUT2D eigenvalue weighted by Crippen LogP contribution is 2.26. The number of hydrogen-bond acceptors (Lipinski definition) is 4. The molecular weight excluding hydrogens is 498 g/mol. The van der Waals surface area contributed by atoms with Crippen molar-refractivity contribution in [2.45, 2.75) is 26.7 Å². The van der Waals surface area contributed by atoms with Gasteiger partial charge >= 0.3 is 0 Å². The van der Waals surface area contributed by atoms with Gasteiger partial charge in [0.25, 0.3) is 17.7 Å². The molecule has 0 aliphatic rings. The largest absolute Gasteiger partial charge is 0.492 e. The van der Waals surface area contributed by atoms with E-state index >= 15 is 0 Å². The van der Waals surface area contributed by atoms with Gasteiger partial charge in [0.05, 0.1) is 11.1 Å². The van der Waals surface area contributed by atoms with Crippen molar-refractivity contribution in [3.05, 3.63) is 93.5 Å². The van der Waals surface area contributed by atoms with E-state index in [0.29, 0.717) is 39.2 Å². The van der Waals surface area contributed by atoms with E-state index in [1.54, 1.807) is 54.6 Å².